The van der Waals surface area contributed by atoms with Gasteiger partial charge in [-0.2, -0.15) is 0 Å². The van der Waals surface area contributed by atoms with Crippen molar-refractivity contribution >= 4 is 5.91 Å². The smallest absolute Gasteiger partial charge is 0.249 e. The SMILES string of the molecule is O=C(NC1(c2ccc(F)cc2)CC1)C1CCCO1. The average Bonchev–Trinajstić information content (AvgIpc) is 2.94. The number of hydrogen-bond donors (Lipinski definition) is 1. The van der Waals surface area contributed by atoms with Crippen LogP contribution < -0.4 is 5.32 Å². The van der Waals surface area contributed by atoms with E-state index in [1.165, 1.54) is 12.1 Å². The maximum Gasteiger partial charge on any atom is 0.249 e. The molecule has 1 aromatic rings. The maximum atomic E-state index is 12.9. The van der Waals surface area contributed by atoms with E-state index in [4.69, 9.17) is 4.74 Å². The van der Waals surface area contributed by atoms with Gasteiger partial charge < -0.3 is 10.1 Å². The van der Waals surface area contributed by atoms with Crippen molar-refractivity contribution in [3.8, 4) is 0 Å². The summed E-state index contributed by atoms with van der Waals surface area (Å²) >= 11 is 0. The second kappa shape index (κ2) is 4.35. The third-order valence-electron chi connectivity index (χ3n) is 3.73. The summed E-state index contributed by atoms with van der Waals surface area (Å²) in [7, 11) is 0. The summed E-state index contributed by atoms with van der Waals surface area (Å²) in [6, 6.07) is 6.37. The van der Waals surface area contributed by atoms with Gasteiger partial charge in [0, 0.05) is 6.61 Å². The van der Waals surface area contributed by atoms with E-state index in [-0.39, 0.29) is 23.4 Å². The van der Waals surface area contributed by atoms with Crippen molar-refractivity contribution in [3.63, 3.8) is 0 Å². The minimum atomic E-state index is -0.303. The molecule has 0 radical (unpaired) electrons. The molecule has 2 fully saturated rings. The molecule has 1 aliphatic heterocycles. The zero-order chi connectivity index (χ0) is 12.6. The summed E-state index contributed by atoms with van der Waals surface area (Å²) in [4.78, 5) is 12.0. The molecule has 1 saturated carbocycles. The van der Waals surface area contributed by atoms with Crippen molar-refractivity contribution in [3.05, 3.63) is 35.6 Å². The predicted octanol–water partition coefficient (Wildman–Crippen LogP) is 2.11. The summed E-state index contributed by atoms with van der Waals surface area (Å²) in [5.74, 6) is -0.283. The zero-order valence-corrected chi connectivity index (χ0v) is 10.1. The molecule has 0 spiro atoms. The number of nitrogens with one attached hydrogen (secondary N) is 1. The number of rotatable bonds is 3. The first-order valence-corrected chi connectivity index (χ1v) is 6.39. The van der Waals surface area contributed by atoms with Gasteiger partial charge in [0.25, 0.3) is 0 Å². The highest BCUT2D eigenvalue weighted by molar-refractivity contribution is 5.82. The Labute approximate surface area is 105 Å². The molecule has 1 N–H and O–H groups in total. The molecule has 0 bridgehead atoms. The van der Waals surface area contributed by atoms with Crippen molar-refractivity contribution in [2.24, 2.45) is 0 Å². The first-order chi connectivity index (χ1) is 8.70. The van der Waals surface area contributed by atoms with Crippen LogP contribution >= 0.6 is 0 Å². The second-order valence-corrected chi connectivity index (χ2v) is 5.08. The first kappa shape index (κ1) is 11.7. The number of halogens is 1. The van der Waals surface area contributed by atoms with E-state index in [2.05, 4.69) is 5.32 Å². The van der Waals surface area contributed by atoms with Crippen LogP contribution in [0.3, 0.4) is 0 Å². The van der Waals surface area contributed by atoms with E-state index in [9.17, 15) is 9.18 Å². The Bertz CT molecular complexity index is 447. The Kier molecular flexibility index (Phi) is 2.82. The molecular formula is C14H16FNO2. The van der Waals surface area contributed by atoms with E-state index in [1.807, 2.05) is 0 Å². The Morgan fingerprint density at radius 2 is 2.06 bits per heavy atom. The van der Waals surface area contributed by atoms with Gasteiger partial charge in [-0.15, -0.1) is 0 Å². The van der Waals surface area contributed by atoms with Gasteiger partial charge in [0.2, 0.25) is 5.91 Å². The lowest BCUT2D eigenvalue weighted by atomic mass is 10.0. The summed E-state index contributed by atoms with van der Waals surface area (Å²) in [5.41, 5.74) is 0.701. The highest BCUT2D eigenvalue weighted by Crippen LogP contribution is 2.45. The number of carbonyl (C=O) groups is 1. The molecule has 1 aliphatic carbocycles. The fourth-order valence-corrected chi connectivity index (χ4v) is 2.48. The van der Waals surface area contributed by atoms with Crippen LogP contribution in [-0.2, 0) is 15.1 Å². The standard InChI is InChI=1S/C14H16FNO2/c15-11-5-3-10(4-6-11)14(7-8-14)16-13(17)12-2-1-9-18-12/h3-6,12H,1-2,7-9H2,(H,16,17). The minimum Gasteiger partial charge on any atom is -0.368 e. The lowest BCUT2D eigenvalue weighted by molar-refractivity contribution is -0.131. The van der Waals surface area contributed by atoms with Crippen LogP contribution in [0.15, 0.2) is 24.3 Å². The van der Waals surface area contributed by atoms with Crippen LogP contribution in [0.2, 0.25) is 0 Å². The molecule has 3 nitrogen and oxygen atoms in total. The van der Waals surface area contributed by atoms with Crippen LogP contribution in [0.25, 0.3) is 0 Å². The fourth-order valence-electron chi connectivity index (χ4n) is 2.48. The Hall–Kier alpha value is -1.42. The third kappa shape index (κ3) is 2.12. The molecule has 2 aliphatic rings. The van der Waals surface area contributed by atoms with Gasteiger partial charge in [0.05, 0.1) is 5.54 Å². The molecular weight excluding hydrogens is 233 g/mol. The lowest BCUT2D eigenvalue weighted by Crippen LogP contribution is -2.41. The van der Waals surface area contributed by atoms with E-state index in [1.54, 1.807) is 12.1 Å². The van der Waals surface area contributed by atoms with E-state index in [0.717, 1.165) is 31.2 Å². The van der Waals surface area contributed by atoms with E-state index < -0.39 is 0 Å². The lowest BCUT2D eigenvalue weighted by Gasteiger charge is -2.20. The number of ether oxygens (including phenoxy) is 1. The van der Waals surface area contributed by atoms with Crippen LogP contribution in [0, 0.1) is 5.82 Å². The van der Waals surface area contributed by atoms with Crippen molar-refractivity contribution in [1.29, 1.82) is 0 Å². The Morgan fingerprint density at radius 3 is 2.61 bits per heavy atom. The van der Waals surface area contributed by atoms with Crippen molar-refractivity contribution in [2.45, 2.75) is 37.3 Å². The van der Waals surface area contributed by atoms with Gasteiger partial charge in [-0.1, -0.05) is 12.1 Å². The van der Waals surface area contributed by atoms with Crippen LogP contribution in [0.1, 0.15) is 31.2 Å². The molecule has 1 unspecified atom stereocenters. The van der Waals surface area contributed by atoms with E-state index >= 15 is 0 Å². The molecule has 4 heteroatoms. The fraction of sp³-hybridized carbons (Fsp3) is 0.500. The van der Waals surface area contributed by atoms with Gasteiger partial charge >= 0.3 is 0 Å². The summed E-state index contributed by atoms with van der Waals surface area (Å²) in [6.45, 7) is 0.668. The van der Waals surface area contributed by atoms with Crippen molar-refractivity contribution in [1.82, 2.24) is 5.32 Å². The highest BCUT2D eigenvalue weighted by Gasteiger charge is 2.46. The van der Waals surface area contributed by atoms with Crippen LogP contribution in [0.5, 0.6) is 0 Å². The minimum absolute atomic E-state index is 0.0330. The Balaban J connectivity index is 1.71. The predicted molar refractivity (Wildman–Crippen MR) is 64.4 cm³/mol. The maximum absolute atomic E-state index is 12.9. The topological polar surface area (TPSA) is 38.3 Å². The molecule has 1 atom stereocenters. The molecule has 18 heavy (non-hydrogen) atoms. The van der Waals surface area contributed by atoms with Gasteiger partial charge in [0.1, 0.15) is 11.9 Å². The number of amides is 1. The molecule has 1 aromatic carbocycles. The van der Waals surface area contributed by atoms with Gasteiger partial charge in [-0.3, -0.25) is 4.79 Å². The highest BCUT2D eigenvalue weighted by atomic mass is 19.1. The monoisotopic (exact) mass is 249 g/mol. The number of carbonyl (C=O) groups excluding carboxylic acids is 1. The first-order valence-electron chi connectivity index (χ1n) is 6.39. The van der Waals surface area contributed by atoms with Crippen LogP contribution in [-0.4, -0.2) is 18.6 Å². The molecule has 0 aromatic heterocycles. The third-order valence-corrected chi connectivity index (χ3v) is 3.73. The van der Waals surface area contributed by atoms with Crippen LogP contribution in [0.4, 0.5) is 4.39 Å². The second-order valence-electron chi connectivity index (χ2n) is 5.08. The zero-order valence-electron chi connectivity index (χ0n) is 10.1. The molecule has 96 valence electrons. The number of hydrogen-bond acceptors (Lipinski definition) is 2. The van der Waals surface area contributed by atoms with E-state index in [0.29, 0.717) is 6.61 Å². The summed E-state index contributed by atoms with van der Waals surface area (Å²) in [6.07, 6.45) is 3.27. The van der Waals surface area contributed by atoms with Crippen molar-refractivity contribution < 1.29 is 13.9 Å². The summed E-state index contributed by atoms with van der Waals surface area (Å²) in [5, 5.41) is 3.06. The number of benzene rings is 1. The average molecular weight is 249 g/mol. The molecule has 3 rings (SSSR count). The molecule has 1 heterocycles. The van der Waals surface area contributed by atoms with Gasteiger partial charge in [0.15, 0.2) is 0 Å². The quantitative estimate of drug-likeness (QED) is 0.891. The van der Waals surface area contributed by atoms with Gasteiger partial charge in [-0.05, 0) is 43.4 Å². The normalized spacial score (nSPS) is 24.8. The van der Waals surface area contributed by atoms with Gasteiger partial charge in [-0.25, -0.2) is 4.39 Å². The molecule has 1 saturated heterocycles. The van der Waals surface area contributed by atoms with Crippen molar-refractivity contribution in [2.75, 3.05) is 6.61 Å². The molecule has 1 amide bonds. The summed E-state index contributed by atoms with van der Waals surface area (Å²) < 4.78 is 18.3. The Morgan fingerprint density at radius 1 is 1.33 bits per heavy atom. The largest absolute Gasteiger partial charge is 0.368 e.